The summed E-state index contributed by atoms with van der Waals surface area (Å²) in [6.45, 7) is 0.614. The first-order valence-electron chi connectivity index (χ1n) is 6.22. The van der Waals surface area contributed by atoms with Crippen LogP contribution < -0.4 is 0 Å². The summed E-state index contributed by atoms with van der Waals surface area (Å²) >= 11 is 1.64. The Morgan fingerprint density at radius 1 is 1.47 bits per heavy atom. The number of rotatable bonds is 4. The van der Waals surface area contributed by atoms with Gasteiger partial charge in [0.05, 0.1) is 18.3 Å². The van der Waals surface area contributed by atoms with Gasteiger partial charge in [-0.2, -0.15) is 0 Å². The Morgan fingerprint density at radius 3 is 2.95 bits per heavy atom. The summed E-state index contributed by atoms with van der Waals surface area (Å²) in [5.41, 5.74) is 0.332. The van der Waals surface area contributed by atoms with Crippen molar-refractivity contribution in [2.75, 3.05) is 0 Å². The molecule has 1 aliphatic rings. The topological polar surface area (TPSA) is 53.4 Å². The molecule has 0 atom stereocenters. The van der Waals surface area contributed by atoms with Crippen molar-refractivity contribution in [2.24, 2.45) is 0 Å². The summed E-state index contributed by atoms with van der Waals surface area (Å²) in [6.07, 6.45) is 4.93. The van der Waals surface area contributed by atoms with Gasteiger partial charge in [-0.05, 0) is 30.4 Å². The minimum atomic E-state index is -0.115. The van der Waals surface area contributed by atoms with Crippen molar-refractivity contribution in [3.8, 4) is 5.75 Å². The predicted molar refractivity (Wildman–Crippen MR) is 73.1 cm³/mol. The first kappa shape index (κ1) is 12.2. The number of carbonyl (C=O) groups excluding carboxylic acids is 1. The summed E-state index contributed by atoms with van der Waals surface area (Å²) in [5.74, 6) is -0.167. The van der Waals surface area contributed by atoms with Crippen LogP contribution in [0.3, 0.4) is 0 Å². The molecule has 0 radical (unpaired) electrons. The lowest BCUT2D eigenvalue weighted by Gasteiger charge is -2.22. The fraction of sp³-hybridized carbons (Fsp3) is 0.286. The van der Waals surface area contributed by atoms with Crippen LogP contribution in [0.5, 0.6) is 5.75 Å². The maximum absolute atomic E-state index is 12.5. The van der Waals surface area contributed by atoms with E-state index in [9.17, 15) is 9.90 Å². The molecule has 1 fully saturated rings. The van der Waals surface area contributed by atoms with Crippen LogP contribution in [0.15, 0.2) is 36.0 Å². The van der Waals surface area contributed by atoms with E-state index in [1.807, 2.05) is 22.4 Å². The Hall–Kier alpha value is -1.88. The Kier molecular flexibility index (Phi) is 3.21. The summed E-state index contributed by atoms with van der Waals surface area (Å²) in [5, 5.41) is 11.8. The zero-order valence-electron chi connectivity index (χ0n) is 10.3. The molecule has 98 valence electrons. The number of nitrogens with zero attached hydrogens (tertiary/aromatic N) is 2. The van der Waals surface area contributed by atoms with Gasteiger partial charge in [0.1, 0.15) is 5.75 Å². The van der Waals surface area contributed by atoms with Crippen molar-refractivity contribution in [1.82, 2.24) is 9.88 Å². The summed E-state index contributed by atoms with van der Waals surface area (Å²) in [4.78, 5) is 19.3. The number of thiophene rings is 1. The SMILES string of the molecule is O=C(c1ccncc1O)N(Cc1cccs1)C1CC1. The number of amides is 1. The lowest BCUT2D eigenvalue weighted by molar-refractivity contribution is 0.0728. The lowest BCUT2D eigenvalue weighted by atomic mass is 10.2. The third-order valence-electron chi connectivity index (χ3n) is 3.19. The van der Waals surface area contributed by atoms with Crippen LogP contribution in [0.25, 0.3) is 0 Å². The van der Waals surface area contributed by atoms with Crippen LogP contribution in [-0.2, 0) is 6.54 Å². The number of hydrogen-bond acceptors (Lipinski definition) is 4. The van der Waals surface area contributed by atoms with Crippen molar-refractivity contribution in [3.63, 3.8) is 0 Å². The van der Waals surface area contributed by atoms with Gasteiger partial charge in [0.25, 0.3) is 5.91 Å². The number of aromatic nitrogens is 1. The van der Waals surface area contributed by atoms with Gasteiger partial charge in [0.15, 0.2) is 0 Å². The first-order valence-corrected chi connectivity index (χ1v) is 7.10. The molecule has 1 amide bonds. The zero-order valence-corrected chi connectivity index (χ0v) is 11.1. The first-order chi connectivity index (χ1) is 9.25. The van der Waals surface area contributed by atoms with E-state index in [0.717, 1.165) is 17.7 Å². The molecular formula is C14H14N2O2S. The molecule has 1 aliphatic carbocycles. The Balaban J connectivity index is 1.84. The third-order valence-corrected chi connectivity index (χ3v) is 4.05. The van der Waals surface area contributed by atoms with E-state index in [1.165, 1.54) is 12.4 Å². The van der Waals surface area contributed by atoms with Gasteiger partial charge in [-0.1, -0.05) is 6.07 Å². The van der Waals surface area contributed by atoms with Gasteiger partial charge >= 0.3 is 0 Å². The van der Waals surface area contributed by atoms with Crippen LogP contribution in [0, 0.1) is 0 Å². The van der Waals surface area contributed by atoms with Gasteiger partial charge in [-0.3, -0.25) is 9.78 Å². The molecule has 0 aliphatic heterocycles. The minimum Gasteiger partial charge on any atom is -0.505 e. The van der Waals surface area contributed by atoms with Crippen LogP contribution in [0.2, 0.25) is 0 Å². The molecule has 19 heavy (non-hydrogen) atoms. The Morgan fingerprint density at radius 2 is 2.32 bits per heavy atom. The normalized spacial score (nSPS) is 14.3. The highest BCUT2D eigenvalue weighted by Gasteiger charge is 2.34. The Labute approximate surface area is 115 Å². The van der Waals surface area contributed by atoms with Crippen molar-refractivity contribution >= 4 is 17.2 Å². The van der Waals surface area contributed by atoms with Crippen LogP contribution >= 0.6 is 11.3 Å². The fourth-order valence-corrected chi connectivity index (χ4v) is 2.75. The molecule has 0 bridgehead atoms. The molecule has 1 N–H and O–H groups in total. The number of pyridine rings is 1. The molecule has 0 spiro atoms. The molecule has 0 saturated heterocycles. The van der Waals surface area contributed by atoms with Gasteiger partial charge < -0.3 is 10.0 Å². The quantitative estimate of drug-likeness (QED) is 0.932. The van der Waals surface area contributed by atoms with Gasteiger partial charge in [-0.15, -0.1) is 11.3 Å². The molecule has 2 aromatic rings. The molecule has 2 aromatic heterocycles. The maximum Gasteiger partial charge on any atom is 0.258 e. The smallest absolute Gasteiger partial charge is 0.258 e. The van der Waals surface area contributed by atoms with E-state index in [4.69, 9.17) is 0 Å². The second kappa shape index (κ2) is 5.01. The molecule has 5 heteroatoms. The molecule has 4 nitrogen and oxygen atoms in total. The van der Waals surface area contributed by atoms with Gasteiger partial charge in [0, 0.05) is 17.1 Å². The molecule has 0 aromatic carbocycles. The standard InChI is InChI=1S/C14H14N2O2S/c17-13-8-15-6-5-12(13)14(18)16(10-3-4-10)9-11-2-1-7-19-11/h1-2,5-8,10,17H,3-4,9H2. The van der Waals surface area contributed by atoms with E-state index in [1.54, 1.807) is 17.4 Å². The van der Waals surface area contributed by atoms with Gasteiger partial charge in [0.2, 0.25) is 0 Å². The van der Waals surface area contributed by atoms with Gasteiger partial charge in [-0.25, -0.2) is 0 Å². The minimum absolute atomic E-state index is 0.0515. The van der Waals surface area contributed by atoms with Crippen LogP contribution in [-0.4, -0.2) is 26.9 Å². The van der Waals surface area contributed by atoms with E-state index >= 15 is 0 Å². The number of aromatic hydroxyl groups is 1. The molecular weight excluding hydrogens is 260 g/mol. The van der Waals surface area contributed by atoms with Crippen molar-refractivity contribution in [2.45, 2.75) is 25.4 Å². The molecule has 0 unspecified atom stereocenters. The van der Waals surface area contributed by atoms with Crippen molar-refractivity contribution in [1.29, 1.82) is 0 Å². The van der Waals surface area contributed by atoms with E-state index in [2.05, 4.69) is 4.98 Å². The van der Waals surface area contributed by atoms with Crippen LogP contribution in [0.4, 0.5) is 0 Å². The predicted octanol–water partition coefficient (Wildman–Crippen LogP) is 2.65. The average molecular weight is 274 g/mol. The highest BCUT2D eigenvalue weighted by Crippen LogP contribution is 2.31. The summed E-state index contributed by atoms with van der Waals surface area (Å²) in [6, 6.07) is 5.89. The van der Waals surface area contributed by atoms with E-state index in [0.29, 0.717) is 18.2 Å². The third kappa shape index (κ3) is 2.61. The fourth-order valence-electron chi connectivity index (χ4n) is 2.05. The second-order valence-corrected chi connectivity index (χ2v) is 5.67. The van der Waals surface area contributed by atoms with Crippen LogP contribution in [0.1, 0.15) is 28.1 Å². The van der Waals surface area contributed by atoms with Crippen molar-refractivity contribution < 1.29 is 9.90 Å². The Bertz CT molecular complexity index is 579. The number of carbonyl (C=O) groups is 1. The largest absolute Gasteiger partial charge is 0.505 e. The van der Waals surface area contributed by atoms with E-state index in [-0.39, 0.29) is 11.7 Å². The molecule has 3 rings (SSSR count). The zero-order chi connectivity index (χ0) is 13.2. The monoisotopic (exact) mass is 274 g/mol. The van der Waals surface area contributed by atoms with Crippen molar-refractivity contribution in [3.05, 3.63) is 46.4 Å². The maximum atomic E-state index is 12.5. The second-order valence-electron chi connectivity index (χ2n) is 4.64. The van der Waals surface area contributed by atoms with E-state index < -0.39 is 0 Å². The highest BCUT2D eigenvalue weighted by molar-refractivity contribution is 7.09. The lowest BCUT2D eigenvalue weighted by Crippen LogP contribution is -2.32. The average Bonchev–Trinajstić information content (AvgIpc) is 3.13. The highest BCUT2D eigenvalue weighted by atomic mass is 32.1. The molecule has 1 saturated carbocycles. The number of hydrogen-bond donors (Lipinski definition) is 1. The summed E-state index contributed by atoms with van der Waals surface area (Å²) < 4.78 is 0. The molecule has 2 heterocycles. The summed E-state index contributed by atoms with van der Waals surface area (Å²) in [7, 11) is 0.